The van der Waals surface area contributed by atoms with Crippen LogP contribution in [0.25, 0.3) is 10.9 Å². The molecule has 0 saturated carbocycles. The third-order valence-electron chi connectivity index (χ3n) is 9.18. The van der Waals surface area contributed by atoms with Crippen LogP contribution in [0.2, 0.25) is 0 Å². The van der Waals surface area contributed by atoms with E-state index < -0.39 is 0 Å². The Morgan fingerprint density at radius 3 is 2.62 bits per heavy atom. The van der Waals surface area contributed by atoms with Gasteiger partial charge >= 0.3 is 0 Å². The summed E-state index contributed by atoms with van der Waals surface area (Å²) in [5, 5.41) is 14.5. The molecule has 2 aromatic heterocycles. The molecule has 226 valence electrons. The van der Waals surface area contributed by atoms with Gasteiger partial charge in [0.1, 0.15) is 11.4 Å². The quantitative estimate of drug-likeness (QED) is 0.418. The van der Waals surface area contributed by atoms with Gasteiger partial charge in [-0.1, -0.05) is 12.6 Å². The Morgan fingerprint density at radius 1 is 1.02 bits per heavy atom. The number of piperazine rings is 1. The van der Waals surface area contributed by atoms with Crippen molar-refractivity contribution < 1.29 is 9.84 Å². The third-order valence-corrected chi connectivity index (χ3v) is 10.1. The molecule has 0 radical (unpaired) electrons. The van der Waals surface area contributed by atoms with Crippen molar-refractivity contribution in [3.8, 4) is 5.75 Å². The molecule has 10 heteroatoms. The van der Waals surface area contributed by atoms with Crippen LogP contribution in [0.15, 0.2) is 48.1 Å². The highest BCUT2D eigenvalue weighted by molar-refractivity contribution is 7.13. The van der Waals surface area contributed by atoms with E-state index in [4.69, 9.17) is 14.7 Å². The number of thiazole rings is 1. The number of anilines is 2. The normalized spacial score (nSPS) is 20.6. The predicted molar refractivity (Wildman–Crippen MR) is 172 cm³/mol. The van der Waals surface area contributed by atoms with Crippen LogP contribution >= 0.6 is 11.3 Å². The van der Waals surface area contributed by atoms with E-state index in [0.717, 1.165) is 124 Å². The number of benzene rings is 1. The maximum atomic E-state index is 10.0. The van der Waals surface area contributed by atoms with Crippen LogP contribution < -0.4 is 14.5 Å². The number of pyridine rings is 1. The van der Waals surface area contributed by atoms with E-state index in [-0.39, 0.29) is 12.1 Å². The Labute approximate surface area is 254 Å². The molecule has 3 aliphatic heterocycles. The number of aliphatic hydroxyl groups is 1. The van der Waals surface area contributed by atoms with Crippen molar-refractivity contribution in [1.82, 2.24) is 24.7 Å². The summed E-state index contributed by atoms with van der Waals surface area (Å²) < 4.78 is 5.84. The van der Waals surface area contributed by atoms with Gasteiger partial charge in [-0.05, 0) is 44.5 Å². The molecule has 9 nitrogen and oxygen atoms in total. The monoisotopic (exact) mass is 591 g/mol. The summed E-state index contributed by atoms with van der Waals surface area (Å²) in [4.78, 5) is 22.3. The highest BCUT2D eigenvalue weighted by Crippen LogP contribution is 2.38. The maximum Gasteiger partial charge on any atom is 0.185 e. The molecule has 3 aliphatic rings. The first-order chi connectivity index (χ1) is 20.5. The van der Waals surface area contributed by atoms with Crippen LogP contribution in [0.3, 0.4) is 0 Å². The van der Waals surface area contributed by atoms with Gasteiger partial charge in [-0.15, -0.1) is 11.3 Å². The average Bonchev–Trinajstić information content (AvgIpc) is 3.38. The summed E-state index contributed by atoms with van der Waals surface area (Å²) in [6, 6.07) is 8.45. The molecule has 3 fully saturated rings. The number of ether oxygens (including phenoxy) is 1. The van der Waals surface area contributed by atoms with E-state index >= 15 is 0 Å². The lowest BCUT2D eigenvalue weighted by molar-refractivity contribution is 0.145. The summed E-state index contributed by atoms with van der Waals surface area (Å²) in [5.74, 6) is 0.880. The number of likely N-dealkylation sites (N-methyl/N-ethyl adjacent to an activating group) is 1. The predicted octanol–water partition coefficient (Wildman–Crippen LogP) is 4.07. The van der Waals surface area contributed by atoms with E-state index in [9.17, 15) is 5.11 Å². The summed E-state index contributed by atoms with van der Waals surface area (Å²) in [5.41, 5.74) is 4.46. The van der Waals surface area contributed by atoms with Gasteiger partial charge < -0.3 is 29.4 Å². The first kappa shape index (κ1) is 29.2. The summed E-state index contributed by atoms with van der Waals surface area (Å²) in [6.45, 7) is 14.3. The van der Waals surface area contributed by atoms with Gasteiger partial charge in [0, 0.05) is 94.5 Å². The molecule has 1 N–H and O–H groups in total. The van der Waals surface area contributed by atoms with E-state index in [2.05, 4.69) is 61.7 Å². The van der Waals surface area contributed by atoms with Crippen molar-refractivity contribution in [3.05, 3.63) is 53.8 Å². The Kier molecular flexibility index (Phi) is 9.14. The molecular weight excluding hydrogens is 546 g/mol. The molecule has 0 bridgehead atoms. The lowest BCUT2D eigenvalue weighted by atomic mass is 10.1. The Balaban J connectivity index is 1.24. The second kappa shape index (κ2) is 13.2. The van der Waals surface area contributed by atoms with Crippen LogP contribution in [0.5, 0.6) is 5.75 Å². The van der Waals surface area contributed by atoms with Gasteiger partial charge in [-0.25, -0.2) is 4.98 Å². The largest absolute Gasteiger partial charge is 0.494 e. The van der Waals surface area contributed by atoms with E-state index in [1.807, 2.05) is 12.3 Å². The Bertz CT molecular complexity index is 1350. The average molecular weight is 592 g/mol. The van der Waals surface area contributed by atoms with Gasteiger partial charge in [0.2, 0.25) is 0 Å². The first-order valence-corrected chi connectivity index (χ1v) is 16.3. The Hall–Kier alpha value is -2.92. The molecule has 1 aromatic carbocycles. The fraction of sp³-hybridized carbons (Fsp3) is 0.562. The highest BCUT2D eigenvalue weighted by atomic mass is 32.1. The molecule has 0 amide bonds. The zero-order valence-corrected chi connectivity index (χ0v) is 25.9. The van der Waals surface area contributed by atoms with Crippen LogP contribution in [0.4, 0.5) is 10.8 Å². The molecule has 0 aliphatic carbocycles. The first-order valence-electron chi connectivity index (χ1n) is 15.4. The lowest BCUT2D eigenvalue weighted by Crippen LogP contribution is -2.44. The van der Waals surface area contributed by atoms with Crippen molar-refractivity contribution in [3.63, 3.8) is 0 Å². The fourth-order valence-electron chi connectivity index (χ4n) is 6.58. The number of hydrogen-bond acceptors (Lipinski definition) is 10. The maximum absolute atomic E-state index is 10.0. The molecule has 3 saturated heterocycles. The van der Waals surface area contributed by atoms with Crippen molar-refractivity contribution in [2.75, 3.05) is 89.4 Å². The molecular formula is C32H45N7O2S. The standard InChI is InChI=1S/C32H45N7O2S/c1-24(36-18-16-35(2)17-19-36)22-28(27-23-42-32(34-27)39-14-9-26(40)10-15-39)37-12-5-13-38(21-20-37)31-29(41-3)8-7-25-6-4-11-33-30(25)31/h4,6-8,11,23,26,28,40H,1,5,9-10,12-22H2,2-3H3. The number of methoxy groups -OCH3 is 1. The van der Waals surface area contributed by atoms with Crippen LogP contribution in [-0.2, 0) is 0 Å². The summed E-state index contributed by atoms with van der Waals surface area (Å²) in [6.07, 6.45) is 5.24. The second-order valence-corrected chi connectivity index (χ2v) is 12.8. The third kappa shape index (κ3) is 6.37. The SMILES string of the molecule is C=C(CC(c1csc(N2CCC(O)CC2)n1)N1CCCN(c2c(OC)ccc3cccnc23)CC1)N1CCN(C)CC1. The molecule has 42 heavy (non-hydrogen) atoms. The van der Waals surface area contributed by atoms with Gasteiger partial charge in [-0.3, -0.25) is 9.88 Å². The van der Waals surface area contributed by atoms with Gasteiger partial charge in [-0.2, -0.15) is 0 Å². The van der Waals surface area contributed by atoms with E-state index in [0.29, 0.717) is 0 Å². The van der Waals surface area contributed by atoms with Crippen molar-refractivity contribution in [2.45, 2.75) is 37.8 Å². The van der Waals surface area contributed by atoms with Crippen LogP contribution in [0, 0.1) is 0 Å². The molecule has 5 heterocycles. The summed E-state index contributed by atoms with van der Waals surface area (Å²) >= 11 is 1.74. The number of hydrogen-bond donors (Lipinski definition) is 1. The number of rotatable bonds is 8. The van der Waals surface area contributed by atoms with Crippen LogP contribution in [0.1, 0.15) is 37.4 Å². The van der Waals surface area contributed by atoms with E-state index in [1.54, 1.807) is 18.4 Å². The fourth-order valence-corrected chi connectivity index (χ4v) is 7.51. The van der Waals surface area contributed by atoms with Gasteiger partial charge in [0.25, 0.3) is 0 Å². The zero-order chi connectivity index (χ0) is 29.1. The minimum atomic E-state index is -0.184. The summed E-state index contributed by atoms with van der Waals surface area (Å²) in [7, 11) is 3.95. The lowest BCUT2D eigenvalue weighted by Gasteiger charge is -2.38. The van der Waals surface area contributed by atoms with Crippen molar-refractivity contribution in [2.24, 2.45) is 0 Å². The minimum absolute atomic E-state index is 0.171. The Morgan fingerprint density at radius 2 is 1.83 bits per heavy atom. The number of fused-ring (bicyclic) bond motifs is 1. The minimum Gasteiger partial charge on any atom is -0.494 e. The molecule has 1 unspecified atom stereocenters. The molecule has 3 aromatic rings. The van der Waals surface area contributed by atoms with Gasteiger partial charge in [0.15, 0.2) is 5.13 Å². The molecule has 0 spiro atoms. The number of aromatic nitrogens is 2. The van der Waals surface area contributed by atoms with Crippen molar-refractivity contribution in [1.29, 1.82) is 0 Å². The zero-order valence-electron chi connectivity index (χ0n) is 25.1. The molecule has 1 atom stereocenters. The smallest absolute Gasteiger partial charge is 0.185 e. The van der Waals surface area contributed by atoms with E-state index in [1.165, 1.54) is 5.70 Å². The number of aliphatic hydroxyl groups excluding tert-OH is 1. The number of piperidine rings is 1. The van der Waals surface area contributed by atoms with Crippen molar-refractivity contribution >= 4 is 33.1 Å². The van der Waals surface area contributed by atoms with Crippen LogP contribution in [-0.4, -0.2) is 115 Å². The molecule has 6 rings (SSSR count). The van der Waals surface area contributed by atoms with Gasteiger partial charge in [0.05, 0.1) is 30.5 Å². The highest BCUT2D eigenvalue weighted by Gasteiger charge is 2.30. The second-order valence-electron chi connectivity index (χ2n) is 11.9. The number of nitrogens with zero attached hydrogens (tertiary/aromatic N) is 7. The topological polar surface area (TPSA) is 71.4 Å².